The van der Waals surface area contributed by atoms with Gasteiger partial charge in [-0.3, -0.25) is 9.78 Å². The Bertz CT molecular complexity index is 1810. The lowest BCUT2D eigenvalue weighted by atomic mass is 10.1. The number of amides is 1. The SMILES string of the molecule is O=C(Nc1cnc(-n2nc3cccnc3n2)c(Cl)c1)c1cnn(-c2cccc3ncccc23)c1C(F)(F)F. The first kappa shape index (κ1) is 23.5. The zero-order chi connectivity index (χ0) is 26.4. The molecule has 6 aromatic rings. The van der Waals surface area contributed by atoms with Crippen LogP contribution >= 0.6 is 11.6 Å². The molecule has 188 valence electrons. The lowest BCUT2D eigenvalue weighted by Crippen LogP contribution is -2.21. The molecule has 0 aliphatic rings. The highest BCUT2D eigenvalue weighted by Crippen LogP contribution is 2.35. The summed E-state index contributed by atoms with van der Waals surface area (Å²) in [4.78, 5) is 26.6. The summed E-state index contributed by atoms with van der Waals surface area (Å²) in [5.41, 5.74) is -0.344. The summed E-state index contributed by atoms with van der Waals surface area (Å²) in [5, 5.41) is 15.2. The number of hydrogen-bond acceptors (Lipinski definition) is 7. The van der Waals surface area contributed by atoms with Crippen LogP contribution in [-0.2, 0) is 6.18 Å². The summed E-state index contributed by atoms with van der Waals surface area (Å²) in [6, 6.07) is 12.7. The molecular weight excluding hydrogens is 523 g/mol. The summed E-state index contributed by atoms with van der Waals surface area (Å²) in [6.07, 6.45) is 0.293. The molecule has 10 nitrogen and oxygen atoms in total. The van der Waals surface area contributed by atoms with Gasteiger partial charge >= 0.3 is 6.18 Å². The number of benzene rings is 1. The van der Waals surface area contributed by atoms with Gasteiger partial charge in [0.05, 0.1) is 39.9 Å². The maximum Gasteiger partial charge on any atom is 0.434 e. The predicted octanol–water partition coefficient (Wildman–Crippen LogP) is 4.87. The van der Waals surface area contributed by atoms with E-state index in [4.69, 9.17) is 11.6 Å². The summed E-state index contributed by atoms with van der Waals surface area (Å²) in [7, 11) is 0. The molecule has 0 saturated carbocycles. The van der Waals surface area contributed by atoms with E-state index in [0.717, 1.165) is 6.20 Å². The minimum atomic E-state index is -4.89. The van der Waals surface area contributed by atoms with Crippen molar-refractivity contribution in [2.75, 3.05) is 5.32 Å². The molecule has 0 bridgehead atoms. The van der Waals surface area contributed by atoms with Gasteiger partial charge in [-0.25, -0.2) is 14.6 Å². The van der Waals surface area contributed by atoms with E-state index in [-0.39, 0.29) is 22.2 Å². The fraction of sp³-hybridized carbons (Fsp3) is 0.0417. The predicted molar refractivity (Wildman–Crippen MR) is 131 cm³/mol. The fourth-order valence-electron chi connectivity index (χ4n) is 3.94. The maximum atomic E-state index is 14.2. The molecule has 1 aromatic carbocycles. The van der Waals surface area contributed by atoms with Crippen molar-refractivity contribution in [2.24, 2.45) is 0 Å². The van der Waals surface area contributed by atoms with Crippen LogP contribution < -0.4 is 5.32 Å². The summed E-state index contributed by atoms with van der Waals surface area (Å²) in [5.74, 6) is -0.893. The normalized spacial score (nSPS) is 11.8. The Balaban J connectivity index is 1.34. The standard InChI is InChI=1S/C24H13ClF3N9O/c25-16-10-13(11-31-22(16)37-34-18-6-3-9-30-21(18)35-37)33-23(38)15-12-32-36(20(15)24(26,27)28)19-7-1-5-17-14(19)4-2-8-29-17/h1-12H,(H,33,38). The van der Waals surface area contributed by atoms with Gasteiger partial charge in [-0.15, -0.1) is 15.0 Å². The highest BCUT2D eigenvalue weighted by Gasteiger charge is 2.41. The van der Waals surface area contributed by atoms with E-state index in [2.05, 4.69) is 35.6 Å². The van der Waals surface area contributed by atoms with Crippen LogP contribution in [0.2, 0.25) is 5.02 Å². The monoisotopic (exact) mass is 535 g/mol. The molecule has 0 aliphatic carbocycles. The first-order valence-corrected chi connectivity index (χ1v) is 11.3. The van der Waals surface area contributed by atoms with Crippen LogP contribution in [0.4, 0.5) is 18.9 Å². The van der Waals surface area contributed by atoms with Crippen molar-refractivity contribution in [3.63, 3.8) is 0 Å². The van der Waals surface area contributed by atoms with Crippen molar-refractivity contribution in [1.82, 2.24) is 39.7 Å². The first-order valence-electron chi connectivity index (χ1n) is 10.9. The molecule has 0 spiro atoms. The van der Waals surface area contributed by atoms with Gasteiger partial charge in [0.1, 0.15) is 5.52 Å². The van der Waals surface area contributed by atoms with Gasteiger partial charge in [-0.1, -0.05) is 17.7 Å². The van der Waals surface area contributed by atoms with E-state index in [1.54, 1.807) is 42.6 Å². The van der Waals surface area contributed by atoms with Crippen molar-refractivity contribution in [2.45, 2.75) is 6.18 Å². The fourth-order valence-corrected chi connectivity index (χ4v) is 4.18. The Labute approximate surface area is 215 Å². The molecule has 1 N–H and O–H groups in total. The maximum absolute atomic E-state index is 14.2. The van der Waals surface area contributed by atoms with Crippen LogP contribution in [0.3, 0.4) is 0 Å². The van der Waals surface area contributed by atoms with Gasteiger partial charge in [-0.05, 0) is 42.5 Å². The van der Waals surface area contributed by atoms with Crippen molar-refractivity contribution in [3.05, 3.63) is 89.6 Å². The molecule has 6 rings (SSSR count). The summed E-state index contributed by atoms with van der Waals surface area (Å²) in [6.45, 7) is 0. The highest BCUT2D eigenvalue weighted by atomic mass is 35.5. The molecule has 0 radical (unpaired) electrons. The number of carbonyl (C=O) groups is 1. The first-order chi connectivity index (χ1) is 18.3. The van der Waals surface area contributed by atoms with Crippen molar-refractivity contribution >= 4 is 45.3 Å². The Kier molecular flexibility index (Phi) is 5.49. The Hall–Kier alpha value is -4.91. The second-order valence-corrected chi connectivity index (χ2v) is 8.39. The van der Waals surface area contributed by atoms with Crippen LogP contribution in [0.25, 0.3) is 33.6 Å². The number of rotatable bonds is 4. The molecule has 0 atom stereocenters. The Morgan fingerprint density at radius 2 is 1.71 bits per heavy atom. The van der Waals surface area contributed by atoms with E-state index < -0.39 is 23.3 Å². The van der Waals surface area contributed by atoms with Crippen LogP contribution in [0.5, 0.6) is 0 Å². The molecular formula is C24H13ClF3N9O. The Morgan fingerprint density at radius 1 is 0.921 bits per heavy atom. The van der Waals surface area contributed by atoms with E-state index in [0.29, 0.717) is 26.7 Å². The largest absolute Gasteiger partial charge is 0.434 e. The minimum Gasteiger partial charge on any atom is -0.320 e. The number of anilines is 1. The van der Waals surface area contributed by atoms with Crippen LogP contribution in [0.15, 0.2) is 73.3 Å². The molecule has 0 unspecified atom stereocenters. The van der Waals surface area contributed by atoms with E-state index >= 15 is 0 Å². The van der Waals surface area contributed by atoms with Gasteiger partial charge in [0.2, 0.25) is 5.65 Å². The third-order valence-corrected chi connectivity index (χ3v) is 5.84. The molecule has 0 fully saturated rings. The van der Waals surface area contributed by atoms with Crippen LogP contribution in [-0.4, -0.2) is 45.6 Å². The van der Waals surface area contributed by atoms with E-state index in [1.165, 1.54) is 29.3 Å². The number of nitrogens with zero attached hydrogens (tertiary/aromatic N) is 8. The number of pyridine rings is 3. The minimum absolute atomic E-state index is 0.0538. The number of carbonyl (C=O) groups excluding carboxylic acids is 1. The summed E-state index contributed by atoms with van der Waals surface area (Å²) < 4.78 is 43.3. The number of fused-ring (bicyclic) bond motifs is 2. The second kappa shape index (κ2) is 8.88. The average molecular weight is 536 g/mol. The molecule has 5 aromatic heterocycles. The summed E-state index contributed by atoms with van der Waals surface area (Å²) >= 11 is 6.33. The third kappa shape index (κ3) is 4.08. The van der Waals surface area contributed by atoms with Gasteiger partial charge < -0.3 is 5.32 Å². The average Bonchev–Trinajstić information content (AvgIpc) is 3.53. The van der Waals surface area contributed by atoms with Crippen molar-refractivity contribution < 1.29 is 18.0 Å². The number of nitrogens with one attached hydrogen (secondary N) is 1. The second-order valence-electron chi connectivity index (χ2n) is 7.98. The number of alkyl halides is 3. The molecule has 1 amide bonds. The lowest BCUT2D eigenvalue weighted by Gasteiger charge is -2.14. The van der Waals surface area contributed by atoms with E-state index in [1.807, 2.05) is 0 Å². The van der Waals surface area contributed by atoms with Crippen molar-refractivity contribution in [1.29, 1.82) is 0 Å². The molecule has 0 saturated heterocycles. The Morgan fingerprint density at radius 3 is 2.50 bits per heavy atom. The molecule has 5 heterocycles. The third-order valence-electron chi connectivity index (χ3n) is 5.56. The van der Waals surface area contributed by atoms with Crippen LogP contribution in [0.1, 0.15) is 16.1 Å². The van der Waals surface area contributed by atoms with Crippen molar-refractivity contribution in [3.8, 4) is 11.5 Å². The topological polar surface area (TPSA) is 116 Å². The molecule has 0 aliphatic heterocycles. The van der Waals surface area contributed by atoms with Crippen LogP contribution in [0, 0.1) is 0 Å². The molecule has 14 heteroatoms. The number of hydrogen-bond donors (Lipinski definition) is 1. The highest BCUT2D eigenvalue weighted by molar-refractivity contribution is 6.32. The lowest BCUT2D eigenvalue weighted by molar-refractivity contribution is -0.143. The zero-order valence-electron chi connectivity index (χ0n) is 18.9. The molecule has 38 heavy (non-hydrogen) atoms. The van der Waals surface area contributed by atoms with Gasteiger partial charge in [0.15, 0.2) is 11.5 Å². The number of halogens is 4. The van der Waals surface area contributed by atoms with Gasteiger partial charge in [-0.2, -0.15) is 18.3 Å². The van der Waals surface area contributed by atoms with E-state index in [9.17, 15) is 18.0 Å². The van der Waals surface area contributed by atoms with Gasteiger partial charge in [0.25, 0.3) is 5.91 Å². The number of aromatic nitrogens is 8. The van der Waals surface area contributed by atoms with Gasteiger partial charge in [0, 0.05) is 17.8 Å². The zero-order valence-corrected chi connectivity index (χ0v) is 19.7. The quantitative estimate of drug-likeness (QED) is 0.342. The smallest absolute Gasteiger partial charge is 0.320 e.